The van der Waals surface area contributed by atoms with Crippen molar-refractivity contribution < 1.29 is 9.47 Å². The van der Waals surface area contributed by atoms with Gasteiger partial charge in [0.15, 0.2) is 5.96 Å². The molecule has 1 aromatic rings. The van der Waals surface area contributed by atoms with E-state index in [4.69, 9.17) is 9.47 Å². The highest BCUT2D eigenvalue weighted by Crippen LogP contribution is 2.14. The van der Waals surface area contributed by atoms with Gasteiger partial charge in [-0.05, 0) is 17.0 Å². The summed E-state index contributed by atoms with van der Waals surface area (Å²) in [5.41, 5.74) is 2.69. The lowest BCUT2D eigenvalue weighted by Crippen LogP contribution is -2.52. The van der Waals surface area contributed by atoms with Crippen LogP contribution in [0.5, 0.6) is 0 Å². The zero-order valence-corrected chi connectivity index (χ0v) is 21.6. The van der Waals surface area contributed by atoms with Crippen LogP contribution in [0.3, 0.4) is 0 Å². The molecule has 0 amide bonds. The maximum atomic E-state index is 5.52. The summed E-state index contributed by atoms with van der Waals surface area (Å²) in [7, 11) is 1.84. The Kier molecular flexibility index (Phi) is 12.1. The van der Waals surface area contributed by atoms with Gasteiger partial charge in [-0.3, -0.25) is 14.8 Å². The normalized spacial score (nSPS) is 19.7. The Balaban J connectivity index is 0.00000341. The minimum atomic E-state index is 0. The highest BCUT2D eigenvalue weighted by Gasteiger charge is 2.24. The van der Waals surface area contributed by atoms with Gasteiger partial charge in [0.1, 0.15) is 0 Å². The van der Waals surface area contributed by atoms with Gasteiger partial charge in [0, 0.05) is 58.9 Å². The van der Waals surface area contributed by atoms with Crippen molar-refractivity contribution in [3.8, 4) is 0 Å². The third-order valence-corrected chi connectivity index (χ3v) is 6.05. The molecule has 8 heteroatoms. The van der Waals surface area contributed by atoms with Gasteiger partial charge in [0.25, 0.3) is 0 Å². The fourth-order valence-corrected chi connectivity index (χ4v) is 4.18. The van der Waals surface area contributed by atoms with Crippen LogP contribution in [-0.2, 0) is 22.6 Å². The molecule has 2 N–H and O–H groups in total. The van der Waals surface area contributed by atoms with E-state index in [1.54, 1.807) is 0 Å². The second kappa shape index (κ2) is 14.3. The van der Waals surface area contributed by atoms with E-state index in [1.165, 1.54) is 11.1 Å². The molecule has 1 atom stereocenters. The number of ether oxygens (including phenoxy) is 2. The molecule has 3 rings (SSSR count). The third-order valence-electron chi connectivity index (χ3n) is 6.05. The van der Waals surface area contributed by atoms with Crippen LogP contribution in [0.2, 0.25) is 0 Å². The van der Waals surface area contributed by atoms with Gasteiger partial charge in [0.05, 0.1) is 26.4 Å². The summed E-state index contributed by atoms with van der Waals surface area (Å²) < 4.78 is 11.0. The minimum Gasteiger partial charge on any atom is -0.379 e. The van der Waals surface area contributed by atoms with Gasteiger partial charge < -0.3 is 20.1 Å². The second-order valence-electron chi connectivity index (χ2n) is 8.42. The van der Waals surface area contributed by atoms with Crippen molar-refractivity contribution in [2.24, 2.45) is 10.9 Å². The Morgan fingerprint density at radius 1 is 0.968 bits per heavy atom. The number of rotatable bonds is 8. The average molecular weight is 546 g/mol. The number of guanidine groups is 1. The number of nitrogens with zero attached hydrogens (tertiary/aromatic N) is 3. The predicted octanol–water partition coefficient (Wildman–Crippen LogP) is 2.16. The van der Waals surface area contributed by atoms with Crippen LogP contribution in [0.25, 0.3) is 0 Å². The molecule has 0 spiro atoms. The standard InChI is InChI=1S/C23H39N5O2.HI/c1-19(2)22(28-10-14-30-15-11-28)17-26-23(24-3)25-16-20-6-4-5-7-21(20)18-27-8-12-29-13-9-27;/h4-7,19,22H,8-18H2,1-3H3,(H2,24,25,26);1H. The number of aliphatic imine (C=N–C) groups is 1. The summed E-state index contributed by atoms with van der Waals surface area (Å²) in [5, 5.41) is 7.06. The van der Waals surface area contributed by atoms with E-state index in [2.05, 4.69) is 63.5 Å². The molecule has 31 heavy (non-hydrogen) atoms. The number of benzene rings is 1. The first-order valence-electron chi connectivity index (χ1n) is 11.3. The number of hydrogen-bond donors (Lipinski definition) is 2. The highest BCUT2D eigenvalue weighted by atomic mass is 127. The van der Waals surface area contributed by atoms with E-state index in [0.29, 0.717) is 12.0 Å². The molecule has 7 nitrogen and oxygen atoms in total. The average Bonchev–Trinajstić information content (AvgIpc) is 2.78. The lowest BCUT2D eigenvalue weighted by molar-refractivity contribution is 0.00752. The summed E-state index contributed by atoms with van der Waals surface area (Å²) in [6.45, 7) is 14.5. The van der Waals surface area contributed by atoms with E-state index < -0.39 is 0 Å². The largest absolute Gasteiger partial charge is 0.379 e. The molecule has 2 aliphatic rings. The first-order valence-corrected chi connectivity index (χ1v) is 11.3. The molecule has 0 aromatic heterocycles. The lowest BCUT2D eigenvalue weighted by atomic mass is 10.0. The summed E-state index contributed by atoms with van der Waals surface area (Å²) >= 11 is 0. The quantitative estimate of drug-likeness (QED) is 0.297. The Morgan fingerprint density at radius 2 is 1.58 bits per heavy atom. The molecule has 0 aliphatic carbocycles. The molecule has 0 saturated carbocycles. The van der Waals surface area contributed by atoms with Crippen LogP contribution < -0.4 is 10.6 Å². The molecule has 176 valence electrons. The van der Waals surface area contributed by atoms with Crippen molar-refractivity contribution in [1.29, 1.82) is 0 Å². The van der Waals surface area contributed by atoms with Crippen LogP contribution in [-0.4, -0.2) is 88.0 Å². The van der Waals surface area contributed by atoms with Gasteiger partial charge in [-0.25, -0.2) is 0 Å². The van der Waals surface area contributed by atoms with Crippen molar-refractivity contribution in [3.05, 3.63) is 35.4 Å². The zero-order valence-electron chi connectivity index (χ0n) is 19.3. The number of morpholine rings is 2. The number of hydrogen-bond acceptors (Lipinski definition) is 5. The van der Waals surface area contributed by atoms with E-state index >= 15 is 0 Å². The van der Waals surface area contributed by atoms with Gasteiger partial charge in [0.2, 0.25) is 0 Å². The van der Waals surface area contributed by atoms with Crippen molar-refractivity contribution in [1.82, 2.24) is 20.4 Å². The van der Waals surface area contributed by atoms with Crippen LogP contribution in [0.4, 0.5) is 0 Å². The third kappa shape index (κ3) is 8.49. The maximum absolute atomic E-state index is 5.52. The minimum absolute atomic E-state index is 0. The summed E-state index contributed by atoms with van der Waals surface area (Å²) in [4.78, 5) is 9.45. The van der Waals surface area contributed by atoms with Crippen molar-refractivity contribution in [2.45, 2.75) is 33.0 Å². The Labute approximate surface area is 205 Å². The highest BCUT2D eigenvalue weighted by molar-refractivity contribution is 14.0. The first-order chi connectivity index (χ1) is 14.7. The summed E-state index contributed by atoms with van der Waals surface area (Å²) in [5.74, 6) is 1.43. The van der Waals surface area contributed by atoms with Crippen LogP contribution in [0.15, 0.2) is 29.3 Å². The molecule has 1 aromatic carbocycles. The van der Waals surface area contributed by atoms with E-state index in [9.17, 15) is 0 Å². The fraction of sp³-hybridized carbons (Fsp3) is 0.696. The van der Waals surface area contributed by atoms with E-state index in [-0.39, 0.29) is 24.0 Å². The zero-order chi connectivity index (χ0) is 21.2. The summed E-state index contributed by atoms with van der Waals surface area (Å²) in [6, 6.07) is 9.16. The lowest BCUT2D eigenvalue weighted by Gasteiger charge is -2.37. The second-order valence-corrected chi connectivity index (χ2v) is 8.42. The van der Waals surface area contributed by atoms with Gasteiger partial charge in [-0.2, -0.15) is 0 Å². The molecule has 0 bridgehead atoms. The Bertz CT molecular complexity index is 661. The van der Waals surface area contributed by atoms with Gasteiger partial charge in [-0.1, -0.05) is 38.1 Å². The van der Waals surface area contributed by atoms with Crippen molar-refractivity contribution in [3.63, 3.8) is 0 Å². The van der Waals surface area contributed by atoms with Crippen LogP contribution in [0.1, 0.15) is 25.0 Å². The number of nitrogens with one attached hydrogen (secondary N) is 2. The molecule has 1 unspecified atom stereocenters. The summed E-state index contributed by atoms with van der Waals surface area (Å²) in [6.07, 6.45) is 0. The topological polar surface area (TPSA) is 61.4 Å². The van der Waals surface area contributed by atoms with E-state index in [0.717, 1.165) is 78.2 Å². The van der Waals surface area contributed by atoms with E-state index in [1.807, 2.05) is 7.05 Å². The predicted molar refractivity (Wildman–Crippen MR) is 137 cm³/mol. The Morgan fingerprint density at radius 3 is 2.19 bits per heavy atom. The van der Waals surface area contributed by atoms with Crippen molar-refractivity contribution in [2.75, 3.05) is 66.2 Å². The molecule has 2 aliphatic heterocycles. The molecule has 2 fully saturated rings. The van der Waals surface area contributed by atoms with Crippen LogP contribution >= 0.6 is 24.0 Å². The molecule has 2 saturated heterocycles. The SMILES string of the molecule is CN=C(NCc1ccccc1CN1CCOCC1)NCC(C(C)C)N1CCOCC1.I. The monoisotopic (exact) mass is 545 g/mol. The Hall–Kier alpha value is -0.940. The molecular formula is C23H40IN5O2. The van der Waals surface area contributed by atoms with Gasteiger partial charge >= 0.3 is 0 Å². The molecule has 0 radical (unpaired) electrons. The smallest absolute Gasteiger partial charge is 0.191 e. The molecular weight excluding hydrogens is 505 g/mol. The van der Waals surface area contributed by atoms with Gasteiger partial charge in [-0.15, -0.1) is 24.0 Å². The first kappa shape index (κ1) is 26.3. The maximum Gasteiger partial charge on any atom is 0.191 e. The fourth-order valence-electron chi connectivity index (χ4n) is 4.18. The number of halogens is 1. The molecule has 2 heterocycles. The van der Waals surface area contributed by atoms with Crippen molar-refractivity contribution >= 4 is 29.9 Å². The van der Waals surface area contributed by atoms with Crippen LogP contribution in [0, 0.1) is 5.92 Å².